The van der Waals surface area contributed by atoms with Crippen LogP contribution in [0.2, 0.25) is 0 Å². The van der Waals surface area contributed by atoms with Crippen LogP contribution in [-0.2, 0) is 0 Å². The summed E-state index contributed by atoms with van der Waals surface area (Å²) in [6.07, 6.45) is 3.22. The lowest BCUT2D eigenvalue weighted by Gasteiger charge is -2.14. The summed E-state index contributed by atoms with van der Waals surface area (Å²) in [7, 11) is 0. The Balaban J connectivity index is 1.62. The van der Waals surface area contributed by atoms with Gasteiger partial charge in [0, 0.05) is 24.3 Å². The van der Waals surface area contributed by atoms with E-state index in [-0.39, 0.29) is 5.91 Å². The highest BCUT2D eigenvalue weighted by Gasteiger charge is 2.09. The van der Waals surface area contributed by atoms with E-state index in [9.17, 15) is 4.79 Å². The molecule has 0 fully saturated rings. The van der Waals surface area contributed by atoms with Crippen molar-refractivity contribution in [1.82, 2.24) is 5.32 Å². The topological polar surface area (TPSA) is 76.4 Å². The van der Waals surface area contributed by atoms with Gasteiger partial charge in [0.2, 0.25) is 0 Å². The number of carbonyl (C=O) groups is 1. The van der Waals surface area contributed by atoms with E-state index in [1.54, 1.807) is 0 Å². The van der Waals surface area contributed by atoms with Crippen LogP contribution < -0.4 is 21.1 Å². The molecule has 2 aromatic carbocycles. The number of ether oxygens (including phenoxy) is 1. The molecule has 0 unspecified atom stereocenters. The number of amides is 1. The van der Waals surface area contributed by atoms with E-state index in [0.29, 0.717) is 18.7 Å². The molecule has 5 nitrogen and oxygen atoms in total. The molecule has 0 saturated heterocycles. The molecule has 0 bridgehead atoms. The molecule has 1 amide bonds. The summed E-state index contributed by atoms with van der Waals surface area (Å²) < 4.78 is 5.42. The Bertz CT molecular complexity index is 737. The molecule has 130 valence electrons. The van der Waals surface area contributed by atoms with Gasteiger partial charge in [-0.15, -0.1) is 0 Å². The molecule has 25 heavy (non-hydrogen) atoms. The molecule has 0 atom stereocenters. The summed E-state index contributed by atoms with van der Waals surface area (Å²) in [6, 6.07) is 15.0. The Kier molecular flexibility index (Phi) is 5.82. The highest BCUT2D eigenvalue weighted by atomic mass is 16.5. The molecule has 0 aliphatic carbocycles. The fourth-order valence-electron chi connectivity index (χ4n) is 2.73. The number of benzene rings is 2. The molecule has 3 rings (SSSR count). The van der Waals surface area contributed by atoms with Crippen molar-refractivity contribution in [3.63, 3.8) is 0 Å². The second kappa shape index (κ2) is 8.46. The van der Waals surface area contributed by atoms with Crippen LogP contribution in [0.15, 0.2) is 54.6 Å². The zero-order chi connectivity index (χ0) is 17.5. The first-order valence-electron chi connectivity index (χ1n) is 8.51. The molecular weight excluding hydrogens is 314 g/mol. The van der Waals surface area contributed by atoms with Crippen molar-refractivity contribution in [1.29, 1.82) is 0 Å². The standard InChI is InChI=1S/C20H23N3O2/c21-11-14-25-19-7-5-18(6-8-19)23-20(24)17-3-1-15(2-4-17)16-9-12-22-13-10-16/h1-9,22H,10-14,21H2,(H,23,24). The average molecular weight is 337 g/mol. The van der Waals surface area contributed by atoms with E-state index in [2.05, 4.69) is 16.7 Å². The van der Waals surface area contributed by atoms with E-state index in [1.807, 2.05) is 48.5 Å². The Morgan fingerprint density at radius 1 is 1.12 bits per heavy atom. The second-order valence-corrected chi connectivity index (χ2v) is 5.88. The van der Waals surface area contributed by atoms with Crippen molar-refractivity contribution in [2.24, 2.45) is 5.73 Å². The normalized spacial score (nSPS) is 13.9. The van der Waals surface area contributed by atoms with E-state index < -0.39 is 0 Å². The van der Waals surface area contributed by atoms with Crippen molar-refractivity contribution >= 4 is 17.2 Å². The summed E-state index contributed by atoms with van der Waals surface area (Å²) in [6.45, 7) is 2.86. The predicted molar refractivity (Wildman–Crippen MR) is 101 cm³/mol. The molecule has 0 radical (unpaired) electrons. The molecule has 1 heterocycles. The third-order valence-corrected chi connectivity index (χ3v) is 4.08. The van der Waals surface area contributed by atoms with Gasteiger partial charge in [-0.1, -0.05) is 18.2 Å². The first-order valence-corrected chi connectivity index (χ1v) is 8.51. The average Bonchev–Trinajstić information content (AvgIpc) is 2.68. The van der Waals surface area contributed by atoms with Gasteiger partial charge in [0.15, 0.2) is 0 Å². The van der Waals surface area contributed by atoms with Gasteiger partial charge in [-0.05, 0) is 60.5 Å². The number of rotatable bonds is 6. The zero-order valence-corrected chi connectivity index (χ0v) is 14.1. The van der Waals surface area contributed by atoms with Gasteiger partial charge in [0.05, 0.1) is 0 Å². The van der Waals surface area contributed by atoms with Gasteiger partial charge < -0.3 is 21.1 Å². The quantitative estimate of drug-likeness (QED) is 0.757. The summed E-state index contributed by atoms with van der Waals surface area (Å²) in [5.74, 6) is 0.615. The Morgan fingerprint density at radius 3 is 2.52 bits per heavy atom. The molecular formula is C20H23N3O2. The maximum Gasteiger partial charge on any atom is 0.255 e. The number of hydrogen-bond donors (Lipinski definition) is 3. The number of carbonyl (C=O) groups excluding carboxylic acids is 1. The maximum atomic E-state index is 12.4. The molecule has 5 heteroatoms. The Labute approximate surface area is 147 Å². The van der Waals surface area contributed by atoms with Crippen LogP contribution >= 0.6 is 0 Å². The minimum atomic E-state index is -0.124. The van der Waals surface area contributed by atoms with Gasteiger partial charge in [-0.2, -0.15) is 0 Å². The van der Waals surface area contributed by atoms with Crippen LogP contribution in [0, 0.1) is 0 Å². The van der Waals surface area contributed by atoms with Crippen LogP contribution in [0.1, 0.15) is 22.3 Å². The van der Waals surface area contributed by atoms with Crippen molar-refractivity contribution in [2.45, 2.75) is 6.42 Å². The van der Waals surface area contributed by atoms with E-state index in [4.69, 9.17) is 10.5 Å². The van der Waals surface area contributed by atoms with Crippen LogP contribution in [0.3, 0.4) is 0 Å². The minimum Gasteiger partial charge on any atom is -0.492 e. The van der Waals surface area contributed by atoms with E-state index in [0.717, 1.165) is 30.9 Å². The van der Waals surface area contributed by atoms with Crippen LogP contribution in [0.25, 0.3) is 5.57 Å². The number of hydrogen-bond acceptors (Lipinski definition) is 4. The smallest absolute Gasteiger partial charge is 0.255 e. The van der Waals surface area contributed by atoms with Crippen molar-refractivity contribution < 1.29 is 9.53 Å². The van der Waals surface area contributed by atoms with Crippen molar-refractivity contribution in [3.8, 4) is 5.75 Å². The number of anilines is 1. The molecule has 0 aromatic heterocycles. The lowest BCUT2D eigenvalue weighted by Crippen LogP contribution is -2.20. The second-order valence-electron chi connectivity index (χ2n) is 5.88. The molecule has 0 saturated carbocycles. The number of nitrogens with two attached hydrogens (primary N) is 1. The molecule has 4 N–H and O–H groups in total. The van der Waals surface area contributed by atoms with Crippen LogP contribution in [0.5, 0.6) is 5.75 Å². The van der Waals surface area contributed by atoms with Crippen LogP contribution in [-0.4, -0.2) is 32.1 Å². The summed E-state index contributed by atoms with van der Waals surface area (Å²) in [4.78, 5) is 12.4. The van der Waals surface area contributed by atoms with Crippen LogP contribution in [0.4, 0.5) is 5.69 Å². The van der Waals surface area contributed by atoms with Gasteiger partial charge in [0.1, 0.15) is 12.4 Å². The Hall–Kier alpha value is -2.63. The SMILES string of the molecule is NCCOc1ccc(NC(=O)c2ccc(C3=CCNCC3)cc2)cc1. The third-order valence-electron chi connectivity index (χ3n) is 4.08. The van der Waals surface area contributed by atoms with Crippen molar-refractivity contribution in [3.05, 3.63) is 65.7 Å². The fourth-order valence-corrected chi connectivity index (χ4v) is 2.73. The monoisotopic (exact) mass is 337 g/mol. The van der Waals surface area contributed by atoms with E-state index >= 15 is 0 Å². The first-order chi connectivity index (χ1) is 12.3. The minimum absolute atomic E-state index is 0.124. The van der Waals surface area contributed by atoms with E-state index in [1.165, 1.54) is 11.1 Å². The zero-order valence-electron chi connectivity index (χ0n) is 14.1. The van der Waals surface area contributed by atoms with Gasteiger partial charge in [-0.25, -0.2) is 0 Å². The van der Waals surface area contributed by atoms with Gasteiger partial charge >= 0.3 is 0 Å². The van der Waals surface area contributed by atoms with Gasteiger partial charge in [0.25, 0.3) is 5.91 Å². The summed E-state index contributed by atoms with van der Waals surface area (Å²) >= 11 is 0. The molecule has 0 spiro atoms. The predicted octanol–water partition coefficient (Wildman–Crippen LogP) is 2.65. The Morgan fingerprint density at radius 2 is 1.88 bits per heavy atom. The van der Waals surface area contributed by atoms with Crippen molar-refractivity contribution in [2.75, 3.05) is 31.6 Å². The van der Waals surface area contributed by atoms with Gasteiger partial charge in [-0.3, -0.25) is 4.79 Å². The fraction of sp³-hybridized carbons (Fsp3) is 0.250. The highest BCUT2D eigenvalue weighted by Crippen LogP contribution is 2.21. The lowest BCUT2D eigenvalue weighted by molar-refractivity contribution is 0.102. The third kappa shape index (κ3) is 4.68. The largest absolute Gasteiger partial charge is 0.492 e. The lowest BCUT2D eigenvalue weighted by atomic mass is 9.99. The molecule has 1 aliphatic rings. The summed E-state index contributed by atoms with van der Waals surface area (Å²) in [5, 5.41) is 6.20. The maximum absolute atomic E-state index is 12.4. The highest BCUT2D eigenvalue weighted by molar-refractivity contribution is 6.04. The number of nitrogens with one attached hydrogen (secondary N) is 2. The molecule has 2 aromatic rings. The first kappa shape index (κ1) is 17.2. The molecule has 1 aliphatic heterocycles. The summed E-state index contributed by atoms with van der Waals surface area (Å²) in [5.41, 5.74) is 9.29.